The number of aliphatic hydroxyl groups is 1. The third kappa shape index (κ3) is 1.90. The lowest BCUT2D eigenvalue weighted by Gasteiger charge is -2.26. The van der Waals surface area contributed by atoms with Crippen LogP contribution in [0.15, 0.2) is 12.2 Å². The maximum Gasteiger partial charge on any atom is 0.133 e. The van der Waals surface area contributed by atoms with Gasteiger partial charge in [-0.3, -0.25) is 4.79 Å². The number of Topliss-reactive ketones (excluding diaryl/α,β-unsaturated/α-hetero) is 1. The second-order valence-corrected chi connectivity index (χ2v) is 3.30. The van der Waals surface area contributed by atoms with E-state index in [1.54, 1.807) is 0 Å². The van der Waals surface area contributed by atoms with Gasteiger partial charge in [0.15, 0.2) is 0 Å². The molecule has 0 amide bonds. The second-order valence-electron chi connectivity index (χ2n) is 3.30. The third-order valence-electron chi connectivity index (χ3n) is 2.26. The summed E-state index contributed by atoms with van der Waals surface area (Å²) >= 11 is 0. The smallest absolute Gasteiger partial charge is 0.133 e. The molecule has 0 unspecified atom stereocenters. The average Bonchev–Trinajstić information content (AvgIpc) is 1.94. The zero-order chi connectivity index (χ0) is 8.43. The van der Waals surface area contributed by atoms with Crippen molar-refractivity contribution in [3.8, 4) is 0 Å². The highest BCUT2D eigenvalue weighted by atomic mass is 16.3. The van der Waals surface area contributed by atoms with Crippen molar-refractivity contribution >= 4 is 5.78 Å². The van der Waals surface area contributed by atoms with Gasteiger partial charge in [-0.25, -0.2) is 0 Å². The summed E-state index contributed by atoms with van der Waals surface area (Å²) in [7, 11) is 0. The van der Waals surface area contributed by atoms with E-state index in [4.69, 9.17) is 0 Å². The predicted molar refractivity (Wildman–Crippen MR) is 43.2 cm³/mol. The van der Waals surface area contributed by atoms with Crippen LogP contribution in [0.5, 0.6) is 0 Å². The van der Waals surface area contributed by atoms with Crippen LogP contribution in [0.2, 0.25) is 0 Å². The first kappa shape index (κ1) is 8.47. The molecular weight excluding hydrogens is 140 g/mol. The molecule has 62 valence electrons. The minimum Gasteiger partial charge on any atom is -0.392 e. The Balaban J connectivity index is 2.61. The summed E-state index contributed by atoms with van der Waals surface area (Å²) in [5, 5.41) is 9.44. The highest BCUT2D eigenvalue weighted by molar-refractivity contribution is 5.79. The van der Waals surface area contributed by atoms with Crippen molar-refractivity contribution in [3.05, 3.63) is 12.2 Å². The lowest BCUT2D eigenvalue weighted by Crippen LogP contribution is -2.29. The monoisotopic (exact) mass is 154 g/mol. The van der Waals surface area contributed by atoms with Crippen LogP contribution in [0.1, 0.15) is 26.2 Å². The Labute approximate surface area is 66.9 Å². The number of hydrogen-bond donors (Lipinski definition) is 1. The molecule has 0 spiro atoms. The maximum absolute atomic E-state index is 11.0. The molecule has 0 aromatic carbocycles. The third-order valence-corrected chi connectivity index (χ3v) is 2.26. The zero-order valence-corrected chi connectivity index (χ0v) is 6.84. The Bertz CT molecular complexity index is 184. The summed E-state index contributed by atoms with van der Waals surface area (Å²) in [4.78, 5) is 11.0. The molecule has 11 heavy (non-hydrogen) atoms. The minimum absolute atomic E-state index is 0.0104. The summed E-state index contributed by atoms with van der Waals surface area (Å²) in [5.41, 5.74) is 0.922. The minimum atomic E-state index is -0.342. The molecule has 0 saturated heterocycles. The number of carbonyl (C=O) groups excluding carboxylic acids is 1. The maximum atomic E-state index is 11.0. The van der Waals surface area contributed by atoms with E-state index in [0.717, 1.165) is 5.57 Å². The molecule has 0 aromatic heterocycles. The van der Waals surface area contributed by atoms with Crippen LogP contribution in [0.25, 0.3) is 0 Å². The van der Waals surface area contributed by atoms with E-state index in [1.807, 2.05) is 6.92 Å². The Morgan fingerprint density at radius 2 is 2.36 bits per heavy atom. The Morgan fingerprint density at radius 3 is 2.82 bits per heavy atom. The zero-order valence-electron chi connectivity index (χ0n) is 6.84. The van der Waals surface area contributed by atoms with Crippen molar-refractivity contribution in [1.82, 2.24) is 0 Å². The van der Waals surface area contributed by atoms with Crippen LogP contribution in [0, 0.1) is 5.92 Å². The van der Waals surface area contributed by atoms with Gasteiger partial charge in [0.25, 0.3) is 0 Å². The van der Waals surface area contributed by atoms with Gasteiger partial charge in [0.2, 0.25) is 0 Å². The van der Waals surface area contributed by atoms with Crippen LogP contribution in [0.4, 0.5) is 0 Å². The van der Waals surface area contributed by atoms with Crippen molar-refractivity contribution in [2.24, 2.45) is 5.92 Å². The second kappa shape index (κ2) is 3.18. The van der Waals surface area contributed by atoms with Gasteiger partial charge in [-0.05, 0) is 13.3 Å². The van der Waals surface area contributed by atoms with Crippen LogP contribution < -0.4 is 0 Å². The molecule has 2 atom stereocenters. The molecule has 1 fully saturated rings. The molecule has 1 N–H and O–H groups in total. The first-order valence-electron chi connectivity index (χ1n) is 3.96. The van der Waals surface area contributed by atoms with Gasteiger partial charge < -0.3 is 5.11 Å². The largest absolute Gasteiger partial charge is 0.392 e. The molecule has 2 heteroatoms. The van der Waals surface area contributed by atoms with Gasteiger partial charge in [-0.2, -0.15) is 0 Å². The summed E-state index contributed by atoms with van der Waals surface area (Å²) in [6.45, 7) is 5.62. The summed E-state index contributed by atoms with van der Waals surface area (Å²) in [5.74, 6) is 0.263. The number of ketones is 1. The molecule has 2 nitrogen and oxygen atoms in total. The van der Waals surface area contributed by atoms with E-state index >= 15 is 0 Å². The molecule has 1 saturated carbocycles. The van der Waals surface area contributed by atoms with Crippen molar-refractivity contribution in [2.75, 3.05) is 0 Å². The van der Waals surface area contributed by atoms with Gasteiger partial charge >= 0.3 is 0 Å². The van der Waals surface area contributed by atoms with Crippen molar-refractivity contribution in [3.63, 3.8) is 0 Å². The number of hydrogen-bond acceptors (Lipinski definition) is 2. The number of carbonyl (C=O) groups is 1. The molecule has 0 aromatic rings. The quantitative estimate of drug-likeness (QED) is 0.578. The van der Waals surface area contributed by atoms with E-state index in [9.17, 15) is 9.90 Å². The van der Waals surface area contributed by atoms with E-state index in [-0.39, 0.29) is 17.8 Å². The fourth-order valence-electron chi connectivity index (χ4n) is 1.50. The Morgan fingerprint density at radius 1 is 1.73 bits per heavy atom. The fourth-order valence-corrected chi connectivity index (χ4v) is 1.50. The number of rotatable bonds is 1. The predicted octanol–water partition coefficient (Wildman–Crippen LogP) is 1.29. The molecule has 1 rings (SSSR count). The van der Waals surface area contributed by atoms with Crippen LogP contribution in [-0.4, -0.2) is 17.0 Å². The first-order chi connectivity index (χ1) is 5.11. The van der Waals surface area contributed by atoms with E-state index < -0.39 is 0 Å². The molecule has 0 aliphatic heterocycles. The van der Waals surface area contributed by atoms with Gasteiger partial charge in [-0.15, -0.1) is 0 Å². The van der Waals surface area contributed by atoms with E-state index in [1.165, 1.54) is 0 Å². The SMILES string of the molecule is C=C(C)[C@H]1CC(=O)CC[C@@H]1O. The molecule has 1 aliphatic carbocycles. The van der Waals surface area contributed by atoms with Crippen molar-refractivity contribution in [1.29, 1.82) is 0 Å². The molecule has 0 radical (unpaired) electrons. The fraction of sp³-hybridized carbons (Fsp3) is 0.667. The summed E-state index contributed by atoms with van der Waals surface area (Å²) in [6, 6.07) is 0. The summed E-state index contributed by atoms with van der Waals surface area (Å²) in [6.07, 6.45) is 1.28. The molecule has 1 aliphatic rings. The van der Waals surface area contributed by atoms with Crippen LogP contribution in [-0.2, 0) is 4.79 Å². The topological polar surface area (TPSA) is 37.3 Å². The highest BCUT2D eigenvalue weighted by Gasteiger charge is 2.27. The number of aliphatic hydroxyl groups excluding tert-OH is 1. The van der Waals surface area contributed by atoms with Gasteiger partial charge in [0.1, 0.15) is 5.78 Å². The standard InChI is InChI=1S/C9H14O2/c1-6(2)8-5-7(10)3-4-9(8)11/h8-9,11H,1,3-5H2,2H3/t8-,9+/m1/s1. The van der Waals surface area contributed by atoms with E-state index in [0.29, 0.717) is 19.3 Å². The van der Waals surface area contributed by atoms with E-state index in [2.05, 4.69) is 6.58 Å². The van der Waals surface area contributed by atoms with Gasteiger partial charge in [-0.1, -0.05) is 12.2 Å². The van der Waals surface area contributed by atoms with Crippen LogP contribution in [0.3, 0.4) is 0 Å². The van der Waals surface area contributed by atoms with Gasteiger partial charge in [0.05, 0.1) is 6.10 Å². The Hall–Kier alpha value is -0.630. The average molecular weight is 154 g/mol. The molecule has 0 heterocycles. The van der Waals surface area contributed by atoms with Gasteiger partial charge in [0, 0.05) is 18.8 Å². The van der Waals surface area contributed by atoms with Crippen molar-refractivity contribution < 1.29 is 9.90 Å². The molecular formula is C9H14O2. The lowest BCUT2D eigenvalue weighted by atomic mass is 9.82. The molecule has 0 bridgehead atoms. The Kier molecular flexibility index (Phi) is 2.45. The normalized spacial score (nSPS) is 32.0. The summed E-state index contributed by atoms with van der Waals surface area (Å²) < 4.78 is 0. The first-order valence-corrected chi connectivity index (χ1v) is 3.96. The lowest BCUT2D eigenvalue weighted by molar-refractivity contribution is -0.123. The highest BCUT2D eigenvalue weighted by Crippen LogP contribution is 2.26. The van der Waals surface area contributed by atoms with Crippen LogP contribution >= 0.6 is 0 Å². The van der Waals surface area contributed by atoms with Crippen molar-refractivity contribution in [2.45, 2.75) is 32.3 Å².